The Kier molecular flexibility index (Phi) is 43.2. The van der Waals surface area contributed by atoms with E-state index < -0.39 is 12.1 Å². The van der Waals surface area contributed by atoms with E-state index in [1.165, 1.54) is 135 Å². The van der Waals surface area contributed by atoms with E-state index in [0.29, 0.717) is 19.4 Å². The molecule has 0 aliphatic rings. The summed E-state index contributed by atoms with van der Waals surface area (Å²) in [6, 6.07) is -0.653. The molecule has 0 fully saturated rings. The number of amides is 1. The Morgan fingerprint density at radius 1 is 0.491 bits per heavy atom. The van der Waals surface area contributed by atoms with E-state index in [9.17, 15) is 19.8 Å². The molecule has 0 radical (unpaired) electrons. The highest BCUT2D eigenvalue weighted by atomic mass is 16.5. The molecule has 322 valence electrons. The van der Waals surface area contributed by atoms with Crippen molar-refractivity contribution in [3.8, 4) is 0 Å². The Bertz CT molecular complexity index is 900. The maximum Gasteiger partial charge on any atom is 0.305 e. The molecule has 3 N–H and O–H groups in total. The third-order valence-corrected chi connectivity index (χ3v) is 10.6. The Labute approximate surface area is 341 Å². The van der Waals surface area contributed by atoms with Gasteiger partial charge in [0.25, 0.3) is 0 Å². The fraction of sp³-hybridized carbons (Fsp3) is 0.837. The van der Waals surface area contributed by atoms with E-state index >= 15 is 0 Å². The molecule has 0 rings (SSSR count). The van der Waals surface area contributed by atoms with Gasteiger partial charge in [0.1, 0.15) is 0 Å². The SMILES string of the molecule is CCCCCCCC/C=C\CCCCCCCC(=O)OCCCC/C=C\CCCCCCC(=O)NC(CO)C(O)/C=C/CCCCCCCCCCCCC. The summed E-state index contributed by atoms with van der Waals surface area (Å²) in [4.78, 5) is 24.4. The number of rotatable bonds is 43. The molecule has 2 unspecified atom stereocenters. The zero-order chi connectivity index (χ0) is 40.1. The molecular weight excluding hydrogens is 683 g/mol. The molecule has 1 amide bonds. The minimum absolute atomic E-state index is 0.0474. The first-order chi connectivity index (χ1) is 27.0. The van der Waals surface area contributed by atoms with E-state index in [4.69, 9.17) is 4.74 Å². The van der Waals surface area contributed by atoms with Gasteiger partial charge in [-0.25, -0.2) is 0 Å². The van der Waals surface area contributed by atoms with Crippen LogP contribution in [0.2, 0.25) is 0 Å². The number of hydrogen-bond donors (Lipinski definition) is 3. The number of carbonyl (C=O) groups is 2. The van der Waals surface area contributed by atoms with E-state index in [0.717, 1.165) is 77.0 Å². The number of carbonyl (C=O) groups excluding carboxylic acids is 2. The van der Waals surface area contributed by atoms with Crippen LogP contribution in [0.15, 0.2) is 36.5 Å². The summed E-state index contributed by atoms with van der Waals surface area (Å²) in [6.45, 7) is 4.78. The van der Waals surface area contributed by atoms with Gasteiger partial charge in [0.15, 0.2) is 0 Å². The predicted molar refractivity (Wildman–Crippen MR) is 236 cm³/mol. The second kappa shape index (κ2) is 44.8. The molecule has 0 aromatic carbocycles. The zero-order valence-electron chi connectivity index (χ0n) is 36.4. The van der Waals surface area contributed by atoms with Crippen molar-refractivity contribution in [1.29, 1.82) is 0 Å². The van der Waals surface area contributed by atoms with Gasteiger partial charge in [-0.3, -0.25) is 9.59 Å². The largest absolute Gasteiger partial charge is 0.466 e. The molecule has 55 heavy (non-hydrogen) atoms. The number of ether oxygens (including phenoxy) is 1. The van der Waals surface area contributed by atoms with Crippen LogP contribution in [0.3, 0.4) is 0 Å². The van der Waals surface area contributed by atoms with Gasteiger partial charge in [0.05, 0.1) is 25.4 Å². The molecule has 2 atom stereocenters. The van der Waals surface area contributed by atoms with E-state index in [1.807, 2.05) is 6.08 Å². The third-order valence-electron chi connectivity index (χ3n) is 10.6. The topological polar surface area (TPSA) is 95.9 Å². The Morgan fingerprint density at radius 2 is 0.855 bits per heavy atom. The van der Waals surface area contributed by atoms with Crippen molar-refractivity contribution >= 4 is 11.9 Å². The van der Waals surface area contributed by atoms with Crippen molar-refractivity contribution in [2.24, 2.45) is 0 Å². The summed E-state index contributed by atoms with van der Waals surface area (Å²) in [6.07, 6.45) is 52.8. The monoisotopic (exact) mass is 774 g/mol. The maximum atomic E-state index is 12.4. The molecule has 6 heteroatoms. The lowest BCUT2D eigenvalue weighted by molar-refractivity contribution is -0.143. The molecule has 0 saturated carbocycles. The smallest absolute Gasteiger partial charge is 0.305 e. The standard InChI is InChI=1S/C49H91NO5/c1-3-5-7-9-11-13-15-17-18-20-22-27-31-35-39-43-49(54)55-44-40-36-32-28-24-23-26-30-34-38-42-48(53)50-46(45-51)47(52)41-37-33-29-25-21-19-16-14-12-10-8-6-4-2/h17-18,24,28,37,41,46-47,51-52H,3-16,19-23,25-27,29-36,38-40,42-45H2,1-2H3,(H,50,53)/b18-17-,28-24-,41-37+. The number of esters is 1. The van der Waals surface area contributed by atoms with Gasteiger partial charge in [0.2, 0.25) is 5.91 Å². The minimum atomic E-state index is -0.865. The Balaban J connectivity index is 3.58. The molecule has 0 aromatic rings. The second-order valence-corrected chi connectivity index (χ2v) is 16.1. The number of hydrogen-bond acceptors (Lipinski definition) is 5. The fourth-order valence-electron chi connectivity index (χ4n) is 6.91. The van der Waals surface area contributed by atoms with Crippen LogP contribution in [0, 0.1) is 0 Å². The lowest BCUT2D eigenvalue weighted by Gasteiger charge is -2.20. The van der Waals surface area contributed by atoms with E-state index in [2.05, 4.69) is 43.5 Å². The summed E-state index contributed by atoms with van der Waals surface area (Å²) in [5.74, 6) is -0.153. The number of aliphatic hydroxyl groups is 2. The number of nitrogens with one attached hydrogen (secondary N) is 1. The molecular formula is C49H91NO5. The van der Waals surface area contributed by atoms with Gasteiger partial charge in [-0.15, -0.1) is 0 Å². The second-order valence-electron chi connectivity index (χ2n) is 16.1. The van der Waals surface area contributed by atoms with Gasteiger partial charge in [-0.2, -0.15) is 0 Å². The minimum Gasteiger partial charge on any atom is -0.466 e. The third kappa shape index (κ3) is 41.5. The van der Waals surface area contributed by atoms with Crippen molar-refractivity contribution in [2.75, 3.05) is 13.2 Å². The van der Waals surface area contributed by atoms with Crippen molar-refractivity contribution in [1.82, 2.24) is 5.32 Å². The van der Waals surface area contributed by atoms with Gasteiger partial charge >= 0.3 is 5.97 Å². The molecule has 0 aliphatic carbocycles. The first-order valence-electron chi connectivity index (χ1n) is 23.8. The van der Waals surface area contributed by atoms with Gasteiger partial charge in [-0.1, -0.05) is 179 Å². The molecule has 0 aromatic heterocycles. The molecule has 0 bridgehead atoms. The Hall–Kier alpha value is -1.92. The molecule has 6 nitrogen and oxygen atoms in total. The van der Waals surface area contributed by atoms with Crippen LogP contribution in [0.4, 0.5) is 0 Å². The van der Waals surface area contributed by atoms with Crippen LogP contribution >= 0.6 is 0 Å². The van der Waals surface area contributed by atoms with E-state index in [-0.39, 0.29) is 18.5 Å². The van der Waals surface area contributed by atoms with Gasteiger partial charge < -0.3 is 20.3 Å². The molecule has 0 aliphatic heterocycles. The highest BCUT2D eigenvalue weighted by Crippen LogP contribution is 2.14. The van der Waals surface area contributed by atoms with E-state index in [1.54, 1.807) is 6.08 Å². The lowest BCUT2D eigenvalue weighted by atomic mass is 10.0. The average molecular weight is 774 g/mol. The first kappa shape index (κ1) is 53.1. The quantitative estimate of drug-likeness (QED) is 0.0326. The average Bonchev–Trinajstić information content (AvgIpc) is 3.18. The van der Waals surface area contributed by atoms with Gasteiger partial charge in [-0.05, 0) is 83.5 Å². The van der Waals surface area contributed by atoms with Gasteiger partial charge in [0, 0.05) is 12.8 Å². The molecule has 0 heterocycles. The summed E-state index contributed by atoms with van der Waals surface area (Å²) in [7, 11) is 0. The summed E-state index contributed by atoms with van der Waals surface area (Å²) >= 11 is 0. The summed E-state index contributed by atoms with van der Waals surface area (Å²) in [5.41, 5.74) is 0. The predicted octanol–water partition coefficient (Wildman–Crippen LogP) is 13.7. The highest BCUT2D eigenvalue weighted by Gasteiger charge is 2.18. The number of allylic oxidation sites excluding steroid dienone is 5. The normalized spacial score (nSPS) is 13.0. The zero-order valence-corrected chi connectivity index (χ0v) is 36.4. The number of aliphatic hydroxyl groups excluding tert-OH is 2. The highest BCUT2D eigenvalue weighted by molar-refractivity contribution is 5.76. The molecule has 0 saturated heterocycles. The van der Waals surface area contributed by atoms with Crippen LogP contribution in [0.1, 0.15) is 239 Å². The van der Waals surface area contributed by atoms with Crippen LogP contribution in [0.25, 0.3) is 0 Å². The van der Waals surface area contributed by atoms with Crippen molar-refractivity contribution in [3.05, 3.63) is 36.5 Å². The van der Waals surface area contributed by atoms with Crippen molar-refractivity contribution in [2.45, 2.75) is 251 Å². The Morgan fingerprint density at radius 3 is 1.29 bits per heavy atom. The van der Waals surface area contributed by atoms with Crippen molar-refractivity contribution < 1.29 is 24.5 Å². The summed E-state index contributed by atoms with van der Waals surface area (Å²) in [5, 5.41) is 22.9. The first-order valence-corrected chi connectivity index (χ1v) is 23.8. The maximum absolute atomic E-state index is 12.4. The lowest BCUT2D eigenvalue weighted by Crippen LogP contribution is -2.45. The summed E-state index contributed by atoms with van der Waals surface area (Å²) < 4.78 is 5.42. The van der Waals surface area contributed by atoms with Crippen LogP contribution in [0.5, 0.6) is 0 Å². The van der Waals surface area contributed by atoms with Crippen molar-refractivity contribution in [3.63, 3.8) is 0 Å². The van der Waals surface area contributed by atoms with Crippen LogP contribution in [-0.4, -0.2) is 47.4 Å². The van der Waals surface area contributed by atoms with Crippen LogP contribution in [-0.2, 0) is 14.3 Å². The number of unbranched alkanes of at least 4 members (excludes halogenated alkanes) is 28. The fourth-order valence-corrected chi connectivity index (χ4v) is 6.91. The van der Waals surface area contributed by atoms with Crippen LogP contribution < -0.4 is 5.32 Å². The molecule has 0 spiro atoms.